The molecule has 5 nitrogen and oxygen atoms in total. The van der Waals surface area contributed by atoms with Crippen LogP contribution >= 0.6 is 0 Å². The first-order valence-corrected chi connectivity index (χ1v) is 6.87. The van der Waals surface area contributed by atoms with E-state index in [0.717, 1.165) is 30.5 Å². The summed E-state index contributed by atoms with van der Waals surface area (Å²) in [4.78, 5) is 12.2. The van der Waals surface area contributed by atoms with Gasteiger partial charge in [-0.25, -0.2) is 0 Å². The number of rotatable bonds is 3. The lowest BCUT2D eigenvalue weighted by atomic mass is 9.93. The molecule has 3 rings (SSSR count). The number of nitrogens with two attached hydrogens (primary N) is 1. The number of aromatic amines is 1. The summed E-state index contributed by atoms with van der Waals surface area (Å²) in [6, 6.07) is 7.60. The van der Waals surface area contributed by atoms with E-state index in [2.05, 4.69) is 15.5 Å². The Hall–Kier alpha value is -2.14. The predicted molar refractivity (Wildman–Crippen MR) is 76.2 cm³/mol. The van der Waals surface area contributed by atoms with Gasteiger partial charge in [-0.1, -0.05) is 12.1 Å². The summed E-state index contributed by atoms with van der Waals surface area (Å²) in [5.74, 6) is -0.0264. The van der Waals surface area contributed by atoms with Crippen molar-refractivity contribution < 1.29 is 4.79 Å². The third-order valence-electron chi connectivity index (χ3n) is 3.81. The molecule has 0 aliphatic heterocycles. The molecule has 1 aromatic carbocycles. The lowest BCUT2D eigenvalue weighted by molar-refractivity contribution is 0.0933. The molecular weight excluding hydrogens is 252 g/mol. The van der Waals surface area contributed by atoms with Crippen LogP contribution in [0.5, 0.6) is 0 Å². The number of H-pyrrole nitrogens is 1. The number of hydrogen-bond acceptors (Lipinski definition) is 3. The molecule has 0 bridgehead atoms. The number of hydrogen-bond donors (Lipinski definition) is 3. The highest BCUT2D eigenvalue weighted by molar-refractivity contribution is 5.94. The molecule has 0 spiro atoms. The van der Waals surface area contributed by atoms with Gasteiger partial charge in [-0.3, -0.25) is 9.89 Å². The SMILES string of the molecule is NCc1ccc(C(=O)N[C@@H]2CCc3cn[nH]c3C2)cc1. The molecule has 0 saturated carbocycles. The zero-order valence-electron chi connectivity index (χ0n) is 11.2. The summed E-state index contributed by atoms with van der Waals surface area (Å²) < 4.78 is 0. The number of carbonyl (C=O) groups is 1. The predicted octanol–water partition coefficient (Wildman–Crippen LogP) is 1.16. The smallest absolute Gasteiger partial charge is 0.251 e. The second kappa shape index (κ2) is 5.46. The van der Waals surface area contributed by atoms with Crippen LogP contribution in [0.2, 0.25) is 0 Å². The van der Waals surface area contributed by atoms with Crippen molar-refractivity contribution >= 4 is 5.91 Å². The van der Waals surface area contributed by atoms with Gasteiger partial charge in [0.2, 0.25) is 0 Å². The van der Waals surface area contributed by atoms with Crippen molar-refractivity contribution in [2.24, 2.45) is 5.73 Å². The summed E-state index contributed by atoms with van der Waals surface area (Å²) in [6.45, 7) is 0.493. The maximum Gasteiger partial charge on any atom is 0.251 e. The Bertz CT molecular complexity index is 603. The van der Waals surface area contributed by atoms with E-state index in [-0.39, 0.29) is 11.9 Å². The summed E-state index contributed by atoms with van der Waals surface area (Å²) in [5, 5.41) is 10.1. The average molecular weight is 270 g/mol. The highest BCUT2D eigenvalue weighted by Crippen LogP contribution is 2.19. The quantitative estimate of drug-likeness (QED) is 0.782. The Kier molecular flexibility index (Phi) is 3.52. The number of aryl methyl sites for hydroxylation is 1. The topological polar surface area (TPSA) is 83.8 Å². The van der Waals surface area contributed by atoms with Crippen molar-refractivity contribution in [1.82, 2.24) is 15.5 Å². The number of nitrogens with one attached hydrogen (secondary N) is 2. The van der Waals surface area contributed by atoms with E-state index in [1.165, 1.54) is 5.56 Å². The number of carbonyl (C=O) groups excluding carboxylic acids is 1. The molecule has 1 atom stereocenters. The van der Waals surface area contributed by atoms with Crippen molar-refractivity contribution in [1.29, 1.82) is 0 Å². The maximum absolute atomic E-state index is 12.2. The van der Waals surface area contributed by atoms with Gasteiger partial charge in [-0.2, -0.15) is 5.10 Å². The highest BCUT2D eigenvalue weighted by Gasteiger charge is 2.21. The molecular formula is C15H18N4O. The van der Waals surface area contributed by atoms with Gasteiger partial charge in [0.25, 0.3) is 5.91 Å². The fourth-order valence-corrected chi connectivity index (χ4v) is 2.59. The van der Waals surface area contributed by atoms with E-state index in [1.54, 1.807) is 0 Å². The van der Waals surface area contributed by atoms with Crippen LogP contribution in [0.1, 0.15) is 33.6 Å². The molecule has 104 valence electrons. The van der Waals surface area contributed by atoms with Gasteiger partial charge in [-0.15, -0.1) is 0 Å². The van der Waals surface area contributed by atoms with Crippen LogP contribution < -0.4 is 11.1 Å². The molecule has 1 aliphatic rings. The summed E-state index contributed by atoms with van der Waals surface area (Å²) in [6.07, 6.45) is 4.61. The number of aromatic nitrogens is 2. The fraction of sp³-hybridized carbons (Fsp3) is 0.333. The standard InChI is InChI=1S/C15H18N4O/c16-8-10-1-3-11(4-2-10)15(20)18-13-6-5-12-9-17-19-14(12)7-13/h1-4,9,13H,5-8,16H2,(H,17,19)(H,18,20)/t13-/m1/s1. The normalized spacial score (nSPS) is 17.6. The van der Waals surface area contributed by atoms with Crippen LogP contribution in [0.3, 0.4) is 0 Å². The largest absolute Gasteiger partial charge is 0.349 e. The van der Waals surface area contributed by atoms with Gasteiger partial charge in [-0.05, 0) is 36.1 Å². The lowest BCUT2D eigenvalue weighted by Crippen LogP contribution is -2.38. The molecule has 4 N–H and O–H groups in total. The molecule has 1 amide bonds. The molecule has 2 aromatic rings. The van der Waals surface area contributed by atoms with Crippen LogP contribution in [-0.4, -0.2) is 22.1 Å². The Labute approximate surface area is 117 Å². The molecule has 1 aromatic heterocycles. The summed E-state index contributed by atoms with van der Waals surface area (Å²) >= 11 is 0. The fourth-order valence-electron chi connectivity index (χ4n) is 2.59. The summed E-state index contributed by atoms with van der Waals surface area (Å²) in [5.41, 5.74) is 9.66. The van der Waals surface area contributed by atoms with Crippen molar-refractivity contribution in [2.45, 2.75) is 31.8 Å². The second-order valence-corrected chi connectivity index (χ2v) is 5.19. The molecule has 0 unspecified atom stereocenters. The zero-order chi connectivity index (χ0) is 13.9. The van der Waals surface area contributed by atoms with Crippen LogP contribution in [0.25, 0.3) is 0 Å². The van der Waals surface area contributed by atoms with E-state index in [9.17, 15) is 4.79 Å². The van der Waals surface area contributed by atoms with Gasteiger partial charge in [0.1, 0.15) is 0 Å². The minimum Gasteiger partial charge on any atom is -0.349 e. The Balaban J connectivity index is 1.64. The minimum absolute atomic E-state index is 0.0264. The van der Waals surface area contributed by atoms with Crippen molar-refractivity contribution in [3.05, 3.63) is 52.8 Å². The summed E-state index contributed by atoms with van der Waals surface area (Å²) in [7, 11) is 0. The Morgan fingerprint density at radius 3 is 2.95 bits per heavy atom. The van der Waals surface area contributed by atoms with Gasteiger partial charge < -0.3 is 11.1 Å². The van der Waals surface area contributed by atoms with Gasteiger partial charge in [0.15, 0.2) is 0 Å². The molecule has 1 aliphatic carbocycles. The molecule has 0 radical (unpaired) electrons. The highest BCUT2D eigenvalue weighted by atomic mass is 16.1. The number of benzene rings is 1. The average Bonchev–Trinajstić information content (AvgIpc) is 2.95. The maximum atomic E-state index is 12.2. The van der Waals surface area contributed by atoms with E-state index < -0.39 is 0 Å². The second-order valence-electron chi connectivity index (χ2n) is 5.19. The first-order chi connectivity index (χ1) is 9.76. The first kappa shape index (κ1) is 12.9. The minimum atomic E-state index is -0.0264. The first-order valence-electron chi connectivity index (χ1n) is 6.87. The van der Waals surface area contributed by atoms with Crippen molar-refractivity contribution in [3.63, 3.8) is 0 Å². The Morgan fingerprint density at radius 2 is 2.20 bits per heavy atom. The van der Waals surface area contributed by atoms with Crippen molar-refractivity contribution in [3.8, 4) is 0 Å². The monoisotopic (exact) mass is 270 g/mol. The molecule has 1 heterocycles. The van der Waals surface area contributed by atoms with Crippen LogP contribution in [0, 0.1) is 0 Å². The number of fused-ring (bicyclic) bond motifs is 1. The van der Waals surface area contributed by atoms with Crippen LogP contribution in [-0.2, 0) is 19.4 Å². The molecule has 20 heavy (non-hydrogen) atoms. The number of amides is 1. The Morgan fingerprint density at radius 1 is 1.40 bits per heavy atom. The third kappa shape index (κ3) is 2.58. The van der Waals surface area contributed by atoms with E-state index >= 15 is 0 Å². The molecule has 0 fully saturated rings. The molecule has 5 heteroatoms. The van der Waals surface area contributed by atoms with Gasteiger partial charge in [0.05, 0.1) is 6.20 Å². The van der Waals surface area contributed by atoms with E-state index in [0.29, 0.717) is 12.1 Å². The van der Waals surface area contributed by atoms with Crippen LogP contribution in [0.4, 0.5) is 0 Å². The van der Waals surface area contributed by atoms with E-state index in [4.69, 9.17) is 5.73 Å². The van der Waals surface area contributed by atoms with Crippen molar-refractivity contribution in [2.75, 3.05) is 0 Å². The van der Waals surface area contributed by atoms with E-state index in [1.807, 2.05) is 30.5 Å². The third-order valence-corrected chi connectivity index (χ3v) is 3.81. The number of nitrogens with zero attached hydrogens (tertiary/aromatic N) is 1. The van der Waals surface area contributed by atoms with Gasteiger partial charge >= 0.3 is 0 Å². The zero-order valence-corrected chi connectivity index (χ0v) is 11.2. The molecule has 0 saturated heterocycles. The van der Waals surface area contributed by atoms with Gasteiger partial charge in [0, 0.05) is 30.3 Å². The van der Waals surface area contributed by atoms with Crippen LogP contribution in [0.15, 0.2) is 30.5 Å². The lowest BCUT2D eigenvalue weighted by Gasteiger charge is -2.22.